The number of methoxy groups -OCH3 is 1. The molecular formula is C5H12O2Si. The minimum atomic E-state index is 0.0764. The average Bonchev–Trinajstić information content (AvgIpc) is 1.83. The fourth-order valence-corrected chi connectivity index (χ4v) is 0.725. The highest BCUT2D eigenvalue weighted by molar-refractivity contribution is 5.97. The summed E-state index contributed by atoms with van der Waals surface area (Å²) in [6, 6.07) is 0. The van der Waals surface area contributed by atoms with Crippen LogP contribution in [0.5, 0.6) is 0 Å². The molecule has 0 bridgehead atoms. The van der Waals surface area contributed by atoms with Crippen LogP contribution in [0.1, 0.15) is 0 Å². The molecule has 48 valence electrons. The molecule has 0 aliphatic rings. The van der Waals surface area contributed by atoms with E-state index in [4.69, 9.17) is 9.16 Å². The van der Waals surface area contributed by atoms with E-state index in [1.54, 1.807) is 13.2 Å². The van der Waals surface area contributed by atoms with Gasteiger partial charge in [-0.25, -0.2) is 0 Å². The van der Waals surface area contributed by atoms with Crippen LogP contribution >= 0.6 is 0 Å². The van der Waals surface area contributed by atoms with Crippen LogP contribution in [0.2, 0.25) is 0 Å². The summed E-state index contributed by atoms with van der Waals surface area (Å²) in [5, 5.41) is 0. The van der Waals surface area contributed by atoms with E-state index in [1.165, 1.54) is 0 Å². The van der Waals surface area contributed by atoms with Crippen LogP contribution < -0.4 is 0 Å². The fraction of sp³-hybridized carbons (Fsp3) is 0.600. The molecule has 0 aromatic heterocycles. The standard InChI is InChI=1S/C5H12O2Si/c1-3-5(6-2)4-7-8/h3,5H,1,4H2,2,8H3. The topological polar surface area (TPSA) is 18.5 Å². The van der Waals surface area contributed by atoms with Crippen LogP contribution in [0.4, 0.5) is 0 Å². The Morgan fingerprint density at radius 2 is 2.50 bits per heavy atom. The second-order valence-electron chi connectivity index (χ2n) is 1.47. The van der Waals surface area contributed by atoms with Gasteiger partial charge in [-0.1, -0.05) is 6.08 Å². The maximum Gasteiger partial charge on any atom is 0.146 e. The van der Waals surface area contributed by atoms with Gasteiger partial charge < -0.3 is 9.16 Å². The molecule has 0 spiro atoms. The van der Waals surface area contributed by atoms with Crippen molar-refractivity contribution in [3.05, 3.63) is 12.7 Å². The molecule has 0 N–H and O–H groups in total. The van der Waals surface area contributed by atoms with Gasteiger partial charge in [0.25, 0.3) is 0 Å². The first-order valence-electron chi connectivity index (χ1n) is 2.49. The van der Waals surface area contributed by atoms with Gasteiger partial charge in [0.1, 0.15) is 10.5 Å². The smallest absolute Gasteiger partial charge is 0.146 e. The molecule has 3 heteroatoms. The first kappa shape index (κ1) is 7.88. The van der Waals surface area contributed by atoms with E-state index < -0.39 is 0 Å². The first-order chi connectivity index (χ1) is 3.85. The highest BCUT2D eigenvalue weighted by Crippen LogP contribution is 1.88. The SMILES string of the molecule is C=CC(CO[SiH3])OC. The van der Waals surface area contributed by atoms with Crippen molar-refractivity contribution < 1.29 is 9.16 Å². The second-order valence-corrected chi connectivity index (χ2v) is 2.04. The summed E-state index contributed by atoms with van der Waals surface area (Å²) in [5.41, 5.74) is 0. The van der Waals surface area contributed by atoms with Crippen LogP contribution in [0.25, 0.3) is 0 Å². The molecule has 1 unspecified atom stereocenters. The van der Waals surface area contributed by atoms with E-state index in [2.05, 4.69) is 6.58 Å². The minimum Gasteiger partial charge on any atom is -0.425 e. The second kappa shape index (κ2) is 5.02. The van der Waals surface area contributed by atoms with Gasteiger partial charge in [-0.3, -0.25) is 0 Å². The summed E-state index contributed by atoms with van der Waals surface area (Å²) in [7, 11) is 2.41. The zero-order valence-electron chi connectivity index (χ0n) is 5.39. The predicted molar refractivity (Wildman–Crippen MR) is 36.9 cm³/mol. The Labute approximate surface area is 53.0 Å². The van der Waals surface area contributed by atoms with Gasteiger partial charge in [-0.05, 0) is 0 Å². The highest BCUT2D eigenvalue weighted by atomic mass is 28.2. The van der Waals surface area contributed by atoms with Crippen molar-refractivity contribution in [2.75, 3.05) is 13.7 Å². The van der Waals surface area contributed by atoms with Crippen molar-refractivity contribution in [3.8, 4) is 0 Å². The molecule has 0 saturated heterocycles. The Balaban J connectivity index is 3.21. The average molecular weight is 132 g/mol. The normalized spacial score (nSPS) is 13.6. The van der Waals surface area contributed by atoms with Crippen LogP contribution in [0.3, 0.4) is 0 Å². The number of hydrogen-bond acceptors (Lipinski definition) is 2. The Morgan fingerprint density at radius 1 is 1.88 bits per heavy atom. The van der Waals surface area contributed by atoms with Gasteiger partial charge in [0.2, 0.25) is 0 Å². The molecule has 0 radical (unpaired) electrons. The molecule has 0 aliphatic heterocycles. The maximum atomic E-state index is 4.93. The molecule has 0 heterocycles. The Morgan fingerprint density at radius 3 is 2.62 bits per heavy atom. The third-order valence-electron chi connectivity index (χ3n) is 0.897. The van der Waals surface area contributed by atoms with Crippen molar-refractivity contribution in [3.63, 3.8) is 0 Å². The Hall–Kier alpha value is -0.123. The highest BCUT2D eigenvalue weighted by Gasteiger charge is 1.96. The largest absolute Gasteiger partial charge is 0.425 e. The molecule has 0 saturated carbocycles. The lowest BCUT2D eigenvalue weighted by atomic mass is 10.4. The van der Waals surface area contributed by atoms with E-state index in [9.17, 15) is 0 Å². The monoisotopic (exact) mass is 132 g/mol. The summed E-state index contributed by atoms with van der Waals surface area (Å²) in [6.45, 7) is 4.21. The van der Waals surface area contributed by atoms with Crippen LogP contribution in [-0.4, -0.2) is 30.3 Å². The Bertz CT molecular complexity index is 65.4. The van der Waals surface area contributed by atoms with Crippen molar-refractivity contribution in [1.82, 2.24) is 0 Å². The summed E-state index contributed by atoms with van der Waals surface area (Å²) in [6.07, 6.45) is 1.81. The molecule has 0 amide bonds. The first-order valence-corrected chi connectivity index (χ1v) is 3.31. The molecule has 1 atom stereocenters. The minimum absolute atomic E-state index is 0.0764. The van der Waals surface area contributed by atoms with Crippen LogP contribution in [-0.2, 0) is 9.16 Å². The quantitative estimate of drug-likeness (QED) is 0.379. The molecule has 8 heavy (non-hydrogen) atoms. The molecule has 2 nitrogen and oxygen atoms in total. The third kappa shape index (κ3) is 2.96. The third-order valence-corrected chi connectivity index (χ3v) is 1.23. The van der Waals surface area contributed by atoms with E-state index in [0.717, 1.165) is 10.5 Å². The zero-order chi connectivity index (χ0) is 6.41. The number of rotatable bonds is 4. The number of hydrogen-bond donors (Lipinski definition) is 0. The van der Waals surface area contributed by atoms with E-state index in [1.807, 2.05) is 0 Å². The van der Waals surface area contributed by atoms with Gasteiger partial charge in [-0.15, -0.1) is 6.58 Å². The lowest BCUT2D eigenvalue weighted by Gasteiger charge is -2.07. The van der Waals surface area contributed by atoms with E-state index in [-0.39, 0.29) is 6.10 Å². The van der Waals surface area contributed by atoms with E-state index >= 15 is 0 Å². The lowest BCUT2D eigenvalue weighted by molar-refractivity contribution is 0.0958. The van der Waals surface area contributed by atoms with Gasteiger partial charge in [-0.2, -0.15) is 0 Å². The Kier molecular flexibility index (Phi) is 4.95. The molecule has 0 aliphatic carbocycles. The number of ether oxygens (including phenoxy) is 1. The molecule has 0 aromatic rings. The lowest BCUT2D eigenvalue weighted by Crippen LogP contribution is -2.13. The van der Waals surface area contributed by atoms with Gasteiger partial charge in [0.15, 0.2) is 0 Å². The van der Waals surface area contributed by atoms with Gasteiger partial charge in [0, 0.05) is 7.11 Å². The molecule has 0 rings (SSSR count). The maximum absolute atomic E-state index is 4.93. The summed E-state index contributed by atoms with van der Waals surface area (Å²) in [4.78, 5) is 0. The fourth-order valence-electron chi connectivity index (χ4n) is 0.397. The van der Waals surface area contributed by atoms with Crippen molar-refractivity contribution in [1.29, 1.82) is 0 Å². The van der Waals surface area contributed by atoms with E-state index in [0.29, 0.717) is 6.61 Å². The molecular weight excluding hydrogens is 120 g/mol. The van der Waals surface area contributed by atoms with Crippen molar-refractivity contribution in [2.24, 2.45) is 0 Å². The molecule has 0 aromatic carbocycles. The van der Waals surface area contributed by atoms with Crippen LogP contribution in [0, 0.1) is 0 Å². The van der Waals surface area contributed by atoms with Crippen LogP contribution in [0.15, 0.2) is 12.7 Å². The van der Waals surface area contributed by atoms with Crippen molar-refractivity contribution in [2.45, 2.75) is 6.10 Å². The summed E-state index contributed by atoms with van der Waals surface area (Å²) < 4.78 is 9.85. The zero-order valence-corrected chi connectivity index (χ0v) is 7.39. The predicted octanol–water partition coefficient (Wildman–Crippen LogP) is -0.516. The van der Waals surface area contributed by atoms with Crippen molar-refractivity contribution >= 4 is 10.5 Å². The van der Waals surface area contributed by atoms with Gasteiger partial charge in [0.05, 0.1) is 12.7 Å². The van der Waals surface area contributed by atoms with Gasteiger partial charge >= 0.3 is 0 Å². The molecule has 0 fully saturated rings. The summed E-state index contributed by atoms with van der Waals surface area (Å²) in [5.74, 6) is 0. The summed E-state index contributed by atoms with van der Waals surface area (Å²) >= 11 is 0.